The average molecular weight is 285 g/mol. The molecule has 7 nitrogen and oxygen atoms in total. The van der Waals surface area contributed by atoms with Crippen LogP contribution in [0.4, 0.5) is 0 Å². The molecule has 9 heteroatoms. The van der Waals surface area contributed by atoms with Gasteiger partial charge >= 0.3 is 0 Å². The summed E-state index contributed by atoms with van der Waals surface area (Å²) in [5, 5.41) is 12.4. The molecule has 1 heterocycles. The fourth-order valence-electron chi connectivity index (χ4n) is 1.19. The molecule has 1 aromatic heterocycles. The van der Waals surface area contributed by atoms with Crippen molar-refractivity contribution in [2.75, 3.05) is 5.75 Å². The lowest BCUT2D eigenvalue weighted by atomic mass is 10.3. The summed E-state index contributed by atoms with van der Waals surface area (Å²) in [5.74, 6) is 4.83. The largest absolute Gasteiger partial charge is 0.294 e. The number of nitrogens with zero attached hydrogens (tertiary/aromatic N) is 4. The number of hydrogen-bond acceptors (Lipinski definition) is 6. The van der Waals surface area contributed by atoms with Crippen molar-refractivity contribution in [3.63, 3.8) is 0 Å². The van der Waals surface area contributed by atoms with E-state index in [1.807, 2.05) is 5.43 Å². The summed E-state index contributed by atoms with van der Waals surface area (Å²) in [6.07, 6.45) is 0. The Kier molecular flexibility index (Phi) is 4.13. The highest BCUT2D eigenvalue weighted by Gasteiger charge is 2.10. The zero-order valence-electron chi connectivity index (χ0n) is 9.08. The molecule has 0 spiro atoms. The number of benzene rings is 1. The molecule has 3 N–H and O–H groups in total. The number of amides is 1. The van der Waals surface area contributed by atoms with Crippen LogP contribution in [0.25, 0.3) is 5.69 Å². The SMILES string of the molecule is NNC(=O)CSc1nnnn1-c1ccc(Cl)cc1. The van der Waals surface area contributed by atoms with Crippen molar-refractivity contribution in [3.8, 4) is 5.69 Å². The van der Waals surface area contributed by atoms with E-state index in [9.17, 15) is 4.79 Å². The Balaban J connectivity index is 2.17. The molecular weight excluding hydrogens is 276 g/mol. The predicted octanol–water partition coefficient (Wildman–Crippen LogP) is 0.398. The predicted molar refractivity (Wildman–Crippen MR) is 67.2 cm³/mol. The fourth-order valence-corrected chi connectivity index (χ4v) is 2.01. The molecule has 0 aliphatic rings. The van der Waals surface area contributed by atoms with E-state index in [0.717, 1.165) is 5.69 Å². The highest BCUT2D eigenvalue weighted by atomic mass is 35.5. The van der Waals surface area contributed by atoms with Gasteiger partial charge in [-0.15, -0.1) is 5.10 Å². The number of hydrazine groups is 1. The first-order valence-electron chi connectivity index (χ1n) is 4.87. The van der Waals surface area contributed by atoms with Crippen molar-refractivity contribution in [1.82, 2.24) is 25.6 Å². The van der Waals surface area contributed by atoms with Crippen LogP contribution in [-0.4, -0.2) is 31.9 Å². The zero-order chi connectivity index (χ0) is 13.0. The molecule has 0 saturated carbocycles. The smallest absolute Gasteiger partial charge is 0.244 e. The Bertz CT molecular complexity index is 542. The second-order valence-corrected chi connectivity index (χ2v) is 4.58. The van der Waals surface area contributed by atoms with Crippen LogP contribution >= 0.6 is 23.4 Å². The van der Waals surface area contributed by atoms with Crippen molar-refractivity contribution >= 4 is 29.3 Å². The summed E-state index contributed by atoms with van der Waals surface area (Å²) in [6.45, 7) is 0. The summed E-state index contributed by atoms with van der Waals surface area (Å²) in [5.41, 5.74) is 2.80. The van der Waals surface area contributed by atoms with Crippen LogP contribution in [0.2, 0.25) is 5.02 Å². The number of aromatic nitrogens is 4. The molecular formula is C9H9ClN6OS. The lowest BCUT2D eigenvalue weighted by Gasteiger charge is -2.03. The van der Waals surface area contributed by atoms with E-state index >= 15 is 0 Å². The standard InChI is InChI=1S/C9H9ClN6OS/c10-6-1-3-7(4-2-6)16-9(13-14-15-16)18-5-8(17)12-11/h1-4H,5,11H2,(H,12,17). The number of carbonyl (C=O) groups excluding carboxylic acids is 1. The van der Waals surface area contributed by atoms with E-state index in [1.165, 1.54) is 16.4 Å². The van der Waals surface area contributed by atoms with E-state index in [2.05, 4.69) is 15.5 Å². The van der Waals surface area contributed by atoms with Crippen LogP contribution in [-0.2, 0) is 4.79 Å². The Morgan fingerprint density at radius 1 is 1.44 bits per heavy atom. The highest BCUT2D eigenvalue weighted by Crippen LogP contribution is 2.19. The van der Waals surface area contributed by atoms with Crippen LogP contribution in [0.15, 0.2) is 29.4 Å². The Hall–Kier alpha value is -1.64. The normalized spacial score (nSPS) is 10.3. The summed E-state index contributed by atoms with van der Waals surface area (Å²) in [7, 11) is 0. The maximum atomic E-state index is 11.0. The van der Waals surface area contributed by atoms with Crippen molar-refractivity contribution < 1.29 is 4.79 Å². The molecule has 0 bridgehead atoms. The number of nitrogens with two attached hydrogens (primary N) is 1. The number of carbonyl (C=O) groups is 1. The number of thioether (sulfide) groups is 1. The first-order valence-corrected chi connectivity index (χ1v) is 6.23. The third-order valence-electron chi connectivity index (χ3n) is 2.01. The topological polar surface area (TPSA) is 98.7 Å². The Morgan fingerprint density at radius 3 is 2.83 bits per heavy atom. The van der Waals surface area contributed by atoms with Gasteiger partial charge in [0.1, 0.15) is 0 Å². The van der Waals surface area contributed by atoms with Crippen LogP contribution in [0.3, 0.4) is 0 Å². The van der Waals surface area contributed by atoms with Crippen LogP contribution in [0, 0.1) is 0 Å². The maximum absolute atomic E-state index is 11.0. The summed E-state index contributed by atoms with van der Waals surface area (Å²) >= 11 is 6.99. The van der Waals surface area contributed by atoms with Gasteiger partial charge in [-0.05, 0) is 34.7 Å². The maximum Gasteiger partial charge on any atom is 0.244 e. The second-order valence-electron chi connectivity index (χ2n) is 3.21. The minimum absolute atomic E-state index is 0.143. The first kappa shape index (κ1) is 12.8. The summed E-state index contributed by atoms with van der Waals surface area (Å²) in [6, 6.07) is 7.04. The van der Waals surface area contributed by atoms with Gasteiger partial charge in [0.15, 0.2) is 0 Å². The zero-order valence-corrected chi connectivity index (χ0v) is 10.6. The third kappa shape index (κ3) is 2.97. The van der Waals surface area contributed by atoms with Crippen LogP contribution in [0.5, 0.6) is 0 Å². The van der Waals surface area contributed by atoms with Gasteiger partial charge in [0.05, 0.1) is 11.4 Å². The molecule has 1 aromatic carbocycles. The third-order valence-corrected chi connectivity index (χ3v) is 3.18. The molecule has 0 atom stereocenters. The molecule has 1 amide bonds. The van der Waals surface area contributed by atoms with E-state index < -0.39 is 0 Å². The van der Waals surface area contributed by atoms with E-state index in [-0.39, 0.29) is 11.7 Å². The van der Waals surface area contributed by atoms with Crippen molar-refractivity contribution in [2.45, 2.75) is 5.16 Å². The Morgan fingerprint density at radius 2 is 2.17 bits per heavy atom. The quantitative estimate of drug-likeness (QED) is 0.365. The molecule has 0 unspecified atom stereocenters. The summed E-state index contributed by atoms with van der Waals surface area (Å²) in [4.78, 5) is 11.0. The number of tetrazole rings is 1. The van der Waals surface area contributed by atoms with Gasteiger partial charge < -0.3 is 0 Å². The van der Waals surface area contributed by atoms with E-state index in [1.54, 1.807) is 24.3 Å². The molecule has 2 aromatic rings. The summed E-state index contributed by atoms with van der Waals surface area (Å²) < 4.78 is 1.52. The molecule has 0 aliphatic heterocycles. The van der Waals surface area contributed by atoms with Crippen molar-refractivity contribution in [3.05, 3.63) is 29.3 Å². The Labute approximate surface area is 112 Å². The van der Waals surface area contributed by atoms with Gasteiger partial charge in [0.2, 0.25) is 11.1 Å². The number of nitrogens with one attached hydrogen (secondary N) is 1. The van der Waals surface area contributed by atoms with Gasteiger partial charge in [-0.2, -0.15) is 4.68 Å². The van der Waals surface area contributed by atoms with E-state index in [4.69, 9.17) is 17.4 Å². The van der Waals surface area contributed by atoms with Gasteiger partial charge in [-0.1, -0.05) is 23.4 Å². The van der Waals surface area contributed by atoms with Crippen LogP contribution in [0.1, 0.15) is 0 Å². The van der Waals surface area contributed by atoms with Gasteiger partial charge in [-0.25, -0.2) is 5.84 Å². The van der Waals surface area contributed by atoms with Gasteiger partial charge in [-0.3, -0.25) is 10.2 Å². The van der Waals surface area contributed by atoms with Crippen molar-refractivity contribution in [2.24, 2.45) is 5.84 Å². The molecule has 0 fully saturated rings. The lowest BCUT2D eigenvalue weighted by molar-refractivity contribution is -0.118. The molecule has 18 heavy (non-hydrogen) atoms. The second kappa shape index (κ2) is 5.80. The number of rotatable bonds is 4. The number of halogens is 1. The minimum atomic E-state index is -0.300. The van der Waals surface area contributed by atoms with Crippen LogP contribution < -0.4 is 11.3 Å². The molecule has 0 aliphatic carbocycles. The highest BCUT2D eigenvalue weighted by molar-refractivity contribution is 7.99. The van der Waals surface area contributed by atoms with Gasteiger partial charge in [0, 0.05) is 5.02 Å². The average Bonchev–Trinajstić information content (AvgIpc) is 2.85. The molecule has 94 valence electrons. The minimum Gasteiger partial charge on any atom is -0.294 e. The lowest BCUT2D eigenvalue weighted by Crippen LogP contribution is -2.31. The molecule has 0 radical (unpaired) electrons. The first-order chi connectivity index (χ1) is 8.70. The number of hydrogen-bond donors (Lipinski definition) is 2. The monoisotopic (exact) mass is 284 g/mol. The van der Waals surface area contributed by atoms with E-state index in [0.29, 0.717) is 10.2 Å². The van der Waals surface area contributed by atoms with Crippen molar-refractivity contribution in [1.29, 1.82) is 0 Å². The molecule has 0 saturated heterocycles. The molecule has 2 rings (SSSR count). The van der Waals surface area contributed by atoms with Gasteiger partial charge in [0.25, 0.3) is 0 Å². The fraction of sp³-hybridized carbons (Fsp3) is 0.111.